The molecule has 5 heterocycles. The summed E-state index contributed by atoms with van der Waals surface area (Å²) >= 11 is 0. The molecule has 0 radical (unpaired) electrons. The molecule has 47 heavy (non-hydrogen) atoms. The molecule has 6 heteroatoms. The van der Waals surface area contributed by atoms with Crippen LogP contribution in [0.3, 0.4) is 0 Å². The second kappa shape index (κ2) is 9.99. The fourth-order valence-corrected chi connectivity index (χ4v) is 7.15. The van der Waals surface area contributed by atoms with Crippen molar-refractivity contribution in [1.82, 2.24) is 23.8 Å². The molecule has 0 saturated carbocycles. The maximum absolute atomic E-state index is 6.55. The van der Waals surface area contributed by atoms with Gasteiger partial charge >= 0.3 is 0 Å². The van der Waals surface area contributed by atoms with Crippen LogP contribution >= 0.6 is 0 Å². The zero-order valence-corrected chi connectivity index (χ0v) is 25.1. The number of pyridine rings is 3. The predicted molar refractivity (Wildman–Crippen MR) is 189 cm³/mol. The normalized spacial score (nSPS) is 11.8. The van der Waals surface area contributed by atoms with Gasteiger partial charge < -0.3 is 4.74 Å². The molecule has 0 bridgehead atoms. The van der Waals surface area contributed by atoms with Crippen LogP contribution in [0.5, 0.6) is 11.5 Å². The first-order valence-electron chi connectivity index (χ1n) is 15.6. The summed E-state index contributed by atoms with van der Waals surface area (Å²) in [6.45, 7) is 0. The van der Waals surface area contributed by atoms with E-state index in [9.17, 15) is 0 Å². The van der Waals surface area contributed by atoms with E-state index in [-0.39, 0.29) is 0 Å². The highest BCUT2D eigenvalue weighted by Gasteiger charge is 2.19. The Labute approximate surface area is 268 Å². The smallest absolute Gasteiger partial charge is 0.145 e. The standard InChI is InChI=1S/C41H25N5O/c1-3-7-26(8-4-1)30-15-16-33-31-13-11-28(23-34(31)41-44-20-22-46(41)39(33)38(30)27-9-5-2-6-10-27)47-29-12-14-32-35(24-29)40-43-19-21-45(40)37-17-18-42-25-36(32)37/h1-25H. The van der Waals surface area contributed by atoms with Crippen molar-refractivity contribution in [2.45, 2.75) is 0 Å². The highest BCUT2D eigenvalue weighted by molar-refractivity contribution is 6.17. The summed E-state index contributed by atoms with van der Waals surface area (Å²) in [7, 11) is 0. The van der Waals surface area contributed by atoms with E-state index in [0.29, 0.717) is 0 Å². The Bertz CT molecular complexity index is 2820. The van der Waals surface area contributed by atoms with Gasteiger partial charge in [0.25, 0.3) is 0 Å². The highest BCUT2D eigenvalue weighted by atomic mass is 16.5. The van der Waals surface area contributed by atoms with Gasteiger partial charge in [-0.1, -0.05) is 72.8 Å². The van der Waals surface area contributed by atoms with Gasteiger partial charge in [-0.05, 0) is 69.9 Å². The Morgan fingerprint density at radius 1 is 0.489 bits per heavy atom. The second-order valence-electron chi connectivity index (χ2n) is 11.8. The molecule has 5 aromatic carbocycles. The minimum Gasteiger partial charge on any atom is -0.457 e. The van der Waals surface area contributed by atoms with E-state index in [1.54, 1.807) is 0 Å². The molecule has 0 fully saturated rings. The molecular weight excluding hydrogens is 578 g/mol. The molecule has 220 valence electrons. The topological polar surface area (TPSA) is 56.7 Å². The molecule has 0 amide bonds. The molecule has 5 aromatic heterocycles. The van der Waals surface area contributed by atoms with Gasteiger partial charge in [0, 0.05) is 64.3 Å². The first-order chi connectivity index (χ1) is 23.3. The molecule has 0 aliphatic carbocycles. The van der Waals surface area contributed by atoms with Crippen LogP contribution in [-0.2, 0) is 0 Å². The van der Waals surface area contributed by atoms with E-state index in [0.717, 1.165) is 71.7 Å². The lowest BCUT2D eigenvalue weighted by Crippen LogP contribution is -1.96. The monoisotopic (exact) mass is 603 g/mol. The number of fused-ring (bicyclic) bond motifs is 12. The van der Waals surface area contributed by atoms with Crippen LogP contribution in [-0.4, -0.2) is 23.8 Å². The lowest BCUT2D eigenvalue weighted by atomic mass is 9.90. The number of rotatable bonds is 4. The number of hydrogen-bond donors (Lipinski definition) is 0. The summed E-state index contributed by atoms with van der Waals surface area (Å²) in [5.74, 6) is 1.48. The van der Waals surface area contributed by atoms with Gasteiger partial charge in [0.1, 0.15) is 22.8 Å². The molecule has 0 N–H and O–H groups in total. The maximum atomic E-state index is 6.55. The Hall–Kier alpha value is -6.53. The SMILES string of the molecule is c1ccc(-c2ccc3c4ccc(Oc5ccc6c7cnccc7n7ccnc7c6c5)cc4c4nccn4c3c2-c2ccccc2)cc1. The first kappa shape index (κ1) is 25.8. The molecule has 0 unspecified atom stereocenters. The molecule has 0 spiro atoms. The first-order valence-corrected chi connectivity index (χ1v) is 15.6. The zero-order valence-electron chi connectivity index (χ0n) is 25.1. The van der Waals surface area contributed by atoms with E-state index in [1.165, 1.54) is 16.7 Å². The van der Waals surface area contributed by atoms with E-state index < -0.39 is 0 Å². The fraction of sp³-hybridized carbons (Fsp3) is 0. The third-order valence-electron chi connectivity index (χ3n) is 9.19. The van der Waals surface area contributed by atoms with Crippen LogP contribution in [0.4, 0.5) is 0 Å². The van der Waals surface area contributed by atoms with Gasteiger partial charge in [-0.15, -0.1) is 0 Å². The van der Waals surface area contributed by atoms with Gasteiger partial charge in [0.05, 0.1) is 11.0 Å². The summed E-state index contributed by atoms with van der Waals surface area (Å²) < 4.78 is 10.9. The lowest BCUT2D eigenvalue weighted by Gasteiger charge is -2.18. The molecule has 0 atom stereocenters. The average molecular weight is 604 g/mol. The lowest BCUT2D eigenvalue weighted by molar-refractivity contribution is 0.484. The molecular formula is C41H25N5O. The third-order valence-corrected chi connectivity index (χ3v) is 9.19. The Morgan fingerprint density at radius 3 is 1.83 bits per heavy atom. The van der Waals surface area contributed by atoms with Gasteiger partial charge in [0.2, 0.25) is 0 Å². The van der Waals surface area contributed by atoms with Gasteiger partial charge in [0.15, 0.2) is 0 Å². The number of ether oxygens (including phenoxy) is 1. The number of benzene rings is 5. The van der Waals surface area contributed by atoms with Gasteiger partial charge in [-0.25, -0.2) is 9.97 Å². The molecule has 0 aliphatic heterocycles. The largest absolute Gasteiger partial charge is 0.457 e. The maximum Gasteiger partial charge on any atom is 0.145 e. The third kappa shape index (κ3) is 3.88. The van der Waals surface area contributed by atoms with Crippen molar-refractivity contribution in [1.29, 1.82) is 0 Å². The summed E-state index contributed by atoms with van der Waals surface area (Å²) in [4.78, 5) is 13.9. The van der Waals surface area contributed by atoms with Crippen molar-refractivity contribution < 1.29 is 4.74 Å². The summed E-state index contributed by atoms with van der Waals surface area (Å²) in [6.07, 6.45) is 11.5. The van der Waals surface area contributed by atoms with Crippen LogP contribution in [0.25, 0.3) is 76.9 Å². The van der Waals surface area contributed by atoms with E-state index in [2.05, 4.69) is 122 Å². The molecule has 10 aromatic rings. The van der Waals surface area contributed by atoms with Crippen LogP contribution in [0, 0.1) is 0 Å². The number of imidazole rings is 2. The van der Waals surface area contributed by atoms with E-state index in [4.69, 9.17) is 9.72 Å². The molecule has 10 rings (SSSR count). The Balaban J connectivity index is 1.16. The summed E-state index contributed by atoms with van der Waals surface area (Å²) in [5, 5.41) is 6.48. The van der Waals surface area contributed by atoms with Crippen LogP contribution in [0.2, 0.25) is 0 Å². The summed E-state index contributed by atoms with van der Waals surface area (Å²) in [6, 6.07) is 40.2. The number of hydrogen-bond acceptors (Lipinski definition) is 4. The molecule has 0 aliphatic rings. The molecule has 6 nitrogen and oxygen atoms in total. The Morgan fingerprint density at radius 2 is 1.11 bits per heavy atom. The van der Waals surface area contributed by atoms with Crippen molar-refractivity contribution in [3.05, 3.63) is 152 Å². The number of nitrogens with zero attached hydrogens (tertiary/aromatic N) is 5. The average Bonchev–Trinajstić information content (AvgIpc) is 3.84. The second-order valence-corrected chi connectivity index (χ2v) is 11.8. The minimum atomic E-state index is 0.740. The van der Waals surface area contributed by atoms with Crippen molar-refractivity contribution >= 4 is 54.6 Å². The zero-order chi connectivity index (χ0) is 30.9. The van der Waals surface area contributed by atoms with Gasteiger partial charge in [-0.3, -0.25) is 13.8 Å². The van der Waals surface area contributed by atoms with Crippen molar-refractivity contribution in [2.75, 3.05) is 0 Å². The highest BCUT2D eigenvalue weighted by Crippen LogP contribution is 2.42. The quantitative estimate of drug-likeness (QED) is 0.188. The van der Waals surface area contributed by atoms with Crippen molar-refractivity contribution in [3.63, 3.8) is 0 Å². The molecule has 0 saturated heterocycles. The van der Waals surface area contributed by atoms with Gasteiger partial charge in [-0.2, -0.15) is 0 Å². The predicted octanol–water partition coefficient (Wildman–Crippen LogP) is 10.1. The van der Waals surface area contributed by atoms with E-state index in [1.807, 2.05) is 49.2 Å². The minimum absolute atomic E-state index is 0.740. The van der Waals surface area contributed by atoms with Crippen LogP contribution in [0.1, 0.15) is 0 Å². The summed E-state index contributed by atoms with van der Waals surface area (Å²) in [5.41, 5.74) is 8.69. The number of aromatic nitrogens is 5. The Kier molecular flexibility index (Phi) is 5.48. The van der Waals surface area contributed by atoms with Crippen molar-refractivity contribution in [2.24, 2.45) is 0 Å². The van der Waals surface area contributed by atoms with Crippen molar-refractivity contribution in [3.8, 4) is 33.8 Å². The fourth-order valence-electron chi connectivity index (χ4n) is 7.15. The van der Waals surface area contributed by atoms with Crippen LogP contribution < -0.4 is 4.74 Å². The van der Waals surface area contributed by atoms with Crippen LogP contribution in [0.15, 0.2) is 152 Å². The van der Waals surface area contributed by atoms with E-state index >= 15 is 0 Å².